The van der Waals surface area contributed by atoms with Crippen molar-refractivity contribution < 1.29 is 29.0 Å². The van der Waals surface area contributed by atoms with E-state index in [1.54, 1.807) is 0 Å². The minimum Gasteiger partial charge on any atom is -0.395 e. The Morgan fingerprint density at radius 1 is 1.16 bits per heavy atom. The number of likely N-dealkylation sites (tertiary alicyclic amines) is 1. The van der Waals surface area contributed by atoms with Gasteiger partial charge in [-0.15, -0.1) is 0 Å². The summed E-state index contributed by atoms with van der Waals surface area (Å²) in [5.41, 5.74) is -0.992. The van der Waals surface area contributed by atoms with Gasteiger partial charge in [-0.3, -0.25) is 19.3 Å². The Morgan fingerprint density at radius 2 is 1.90 bits per heavy atom. The molecule has 4 heterocycles. The van der Waals surface area contributed by atoms with Gasteiger partial charge in [-0.25, -0.2) is 0 Å². The normalized spacial score (nSPS) is 34.8. The first-order valence-corrected chi connectivity index (χ1v) is 11.5. The Morgan fingerprint density at radius 3 is 2.61 bits per heavy atom. The number of β-amino-alcohol motifs (C(OH)–C–C–N with tert-alkyl or cyclic N) is 1. The zero-order valence-electron chi connectivity index (χ0n) is 18.2. The van der Waals surface area contributed by atoms with Crippen molar-refractivity contribution in [1.82, 2.24) is 20.4 Å². The van der Waals surface area contributed by atoms with Crippen LogP contribution in [-0.4, -0.2) is 109 Å². The summed E-state index contributed by atoms with van der Waals surface area (Å²) in [6.07, 6.45) is 1.68. The number of carbonyl (C=O) groups excluding carboxylic acids is 3. The lowest BCUT2D eigenvalue weighted by Gasteiger charge is -2.33. The van der Waals surface area contributed by atoms with Crippen LogP contribution in [0.4, 0.5) is 0 Å². The van der Waals surface area contributed by atoms with Crippen molar-refractivity contribution in [3.05, 3.63) is 0 Å². The Balaban J connectivity index is 1.49. The van der Waals surface area contributed by atoms with Gasteiger partial charge >= 0.3 is 0 Å². The molecular weight excluding hydrogens is 404 g/mol. The Hall–Kier alpha value is -1.75. The van der Waals surface area contributed by atoms with Crippen LogP contribution >= 0.6 is 0 Å². The maximum absolute atomic E-state index is 13.3. The van der Waals surface area contributed by atoms with Crippen molar-refractivity contribution in [2.75, 3.05) is 59.1 Å². The molecular formula is C21H34N4O6. The highest BCUT2D eigenvalue weighted by atomic mass is 16.5. The highest BCUT2D eigenvalue weighted by Gasteiger charge is 2.74. The van der Waals surface area contributed by atoms with E-state index in [4.69, 9.17) is 9.47 Å². The van der Waals surface area contributed by atoms with Gasteiger partial charge in [-0.05, 0) is 19.3 Å². The van der Waals surface area contributed by atoms with E-state index in [0.717, 1.165) is 19.5 Å². The smallest absolute Gasteiger partial charge is 0.245 e. The highest BCUT2D eigenvalue weighted by molar-refractivity contribution is 5.98. The molecule has 0 aromatic heterocycles. The molecule has 0 aromatic rings. The summed E-state index contributed by atoms with van der Waals surface area (Å²) in [6.45, 7) is 6.53. The maximum Gasteiger partial charge on any atom is 0.245 e. The molecule has 4 saturated heterocycles. The first-order valence-electron chi connectivity index (χ1n) is 11.5. The van der Waals surface area contributed by atoms with Crippen molar-refractivity contribution >= 4 is 17.7 Å². The Kier molecular flexibility index (Phi) is 6.80. The molecule has 2 bridgehead atoms. The van der Waals surface area contributed by atoms with Crippen LogP contribution in [0.25, 0.3) is 0 Å². The molecule has 10 nitrogen and oxygen atoms in total. The van der Waals surface area contributed by atoms with Crippen LogP contribution in [0.5, 0.6) is 0 Å². The number of nitrogens with zero attached hydrogens (tertiary/aromatic N) is 2. The largest absolute Gasteiger partial charge is 0.395 e. The fraction of sp³-hybridized carbons (Fsp3) is 0.857. The third-order valence-electron chi connectivity index (χ3n) is 7.07. The van der Waals surface area contributed by atoms with Crippen LogP contribution in [0, 0.1) is 11.8 Å². The number of hydrogen-bond donors (Lipinski definition) is 3. The number of morpholine rings is 1. The van der Waals surface area contributed by atoms with E-state index in [-0.39, 0.29) is 37.0 Å². The Bertz CT molecular complexity index is 699. The predicted octanol–water partition coefficient (Wildman–Crippen LogP) is -1.67. The van der Waals surface area contributed by atoms with Crippen molar-refractivity contribution in [1.29, 1.82) is 0 Å². The number of ether oxygens (including phenoxy) is 2. The zero-order valence-corrected chi connectivity index (χ0v) is 18.2. The number of aliphatic hydroxyl groups is 1. The molecule has 0 radical (unpaired) electrons. The fourth-order valence-electron chi connectivity index (χ4n) is 5.73. The van der Waals surface area contributed by atoms with E-state index >= 15 is 0 Å². The number of rotatable bonds is 9. The second-order valence-corrected chi connectivity index (χ2v) is 8.85. The summed E-state index contributed by atoms with van der Waals surface area (Å²) < 4.78 is 11.6. The second-order valence-electron chi connectivity index (χ2n) is 8.85. The number of aliphatic hydroxyl groups excluding tert-OH is 1. The van der Waals surface area contributed by atoms with Crippen molar-refractivity contribution in [2.45, 2.75) is 43.9 Å². The third kappa shape index (κ3) is 3.94. The van der Waals surface area contributed by atoms with E-state index in [9.17, 15) is 19.5 Å². The molecule has 0 aromatic carbocycles. The molecule has 0 saturated carbocycles. The standard InChI is InChI=1S/C21H34N4O6/c1-2-5-22-18(27)15-14-3-4-21(31-14)16(15)20(29)25(8-11-26)17(21)19(28)23-6-7-24-9-12-30-13-10-24/h14-17,26H,2-13H2,1H3,(H,22,27)(H,23,28)/t14-,15+,16-,17?,21?/m0/s1. The lowest BCUT2D eigenvalue weighted by Crippen LogP contribution is -2.56. The summed E-state index contributed by atoms with van der Waals surface area (Å²) in [5.74, 6) is -1.97. The summed E-state index contributed by atoms with van der Waals surface area (Å²) in [4.78, 5) is 43.1. The topological polar surface area (TPSA) is 120 Å². The van der Waals surface area contributed by atoms with E-state index in [2.05, 4.69) is 15.5 Å². The fourth-order valence-corrected chi connectivity index (χ4v) is 5.73. The molecule has 10 heteroatoms. The molecule has 174 valence electrons. The summed E-state index contributed by atoms with van der Waals surface area (Å²) in [7, 11) is 0. The SMILES string of the molecule is CCCNC(=O)[C@@H]1[C@@H]2CCC3(O2)C(C(=O)NCCN2CCOCC2)N(CCO)C(=O)[C@H]13. The predicted molar refractivity (Wildman–Crippen MR) is 110 cm³/mol. The van der Waals surface area contributed by atoms with Gasteiger partial charge in [0, 0.05) is 39.3 Å². The summed E-state index contributed by atoms with van der Waals surface area (Å²) >= 11 is 0. The molecule has 2 unspecified atom stereocenters. The second kappa shape index (κ2) is 9.40. The van der Waals surface area contributed by atoms with Gasteiger partial charge in [0.1, 0.15) is 11.6 Å². The van der Waals surface area contributed by atoms with Crippen LogP contribution in [0.1, 0.15) is 26.2 Å². The average Bonchev–Trinajstić information content (AvgIpc) is 3.41. The number of amides is 3. The number of hydrogen-bond acceptors (Lipinski definition) is 7. The molecule has 4 fully saturated rings. The molecule has 3 amide bonds. The monoisotopic (exact) mass is 438 g/mol. The van der Waals surface area contributed by atoms with Gasteiger partial charge in [0.2, 0.25) is 17.7 Å². The first-order chi connectivity index (χ1) is 15.0. The lowest BCUT2D eigenvalue weighted by molar-refractivity contribution is -0.142. The average molecular weight is 439 g/mol. The molecule has 5 atom stereocenters. The number of nitrogens with one attached hydrogen (secondary N) is 2. The highest BCUT2D eigenvalue weighted by Crippen LogP contribution is 2.58. The minimum atomic E-state index is -0.992. The molecule has 1 spiro atoms. The lowest BCUT2D eigenvalue weighted by atomic mass is 9.70. The van der Waals surface area contributed by atoms with Crippen LogP contribution in [0.15, 0.2) is 0 Å². The van der Waals surface area contributed by atoms with Gasteiger partial charge in [-0.1, -0.05) is 6.92 Å². The van der Waals surface area contributed by atoms with Gasteiger partial charge in [-0.2, -0.15) is 0 Å². The summed E-state index contributed by atoms with van der Waals surface area (Å²) in [6, 6.07) is -0.823. The van der Waals surface area contributed by atoms with Gasteiger partial charge in [0.25, 0.3) is 0 Å². The maximum atomic E-state index is 13.3. The molecule has 4 rings (SSSR count). The van der Waals surface area contributed by atoms with Crippen LogP contribution < -0.4 is 10.6 Å². The van der Waals surface area contributed by atoms with Crippen molar-refractivity contribution in [3.8, 4) is 0 Å². The molecule has 31 heavy (non-hydrogen) atoms. The number of fused-ring (bicyclic) bond motifs is 1. The van der Waals surface area contributed by atoms with Crippen LogP contribution in [-0.2, 0) is 23.9 Å². The summed E-state index contributed by atoms with van der Waals surface area (Å²) in [5, 5.41) is 15.4. The number of carbonyl (C=O) groups is 3. The van der Waals surface area contributed by atoms with E-state index in [1.165, 1.54) is 4.90 Å². The van der Waals surface area contributed by atoms with E-state index in [0.29, 0.717) is 45.7 Å². The molecule has 4 aliphatic rings. The molecule has 0 aliphatic carbocycles. The molecule has 4 aliphatic heterocycles. The van der Waals surface area contributed by atoms with Crippen LogP contribution in [0.2, 0.25) is 0 Å². The third-order valence-corrected chi connectivity index (χ3v) is 7.07. The first kappa shape index (κ1) is 22.4. The molecule has 3 N–H and O–H groups in total. The van der Waals surface area contributed by atoms with Crippen molar-refractivity contribution in [3.63, 3.8) is 0 Å². The quantitative estimate of drug-likeness (QED) is 0.394. The van der Waals surface area contributed by atoms with E-state index < -0.39 is 23.5 Å². The van der Waals surface area contributed by atoms with Crippen LogP contribution in [0.3, 0.4) is 0 Å². The van der Waals surface area contributed by atoms with Gasteiger partial charge in [0.05, 0.1) is 37.8 Å². The minimum absolute atomic E-state index is 0.0515. The van der Waals surface area contributed by atoms with Crippen molar-refractivity contribution in [2.24, 2.45) is 11.8 Å². The van der Waals surface area contributed by atoms with E-state index in [1.807, 2.05) is 6.92 Å². The zero-order chi connectivity index (χ0) is 22.0. The van der Waals surface area contributed by atoms with Gasteiger partial charge in [0.15, 0.2) is 0 Å². The van der Waals surface area contributed by atoms with Gasteiger partial charge < -0.3 is 30.1 Å². The Labute approximate surface area is 182 Å².